The molecular formula is C22H20O6. The zero-order valence-electron chi connectivity index (χ0n) is 16.1. The van der Waals surface area contributed by atoms with Crippen LogP contribution in [0.3, 0.4) is 0 Å². The van der Waals surface area contributed by atoms with Gasteiger partial charge in [-0.25, -0.2) is 4.79 Å². The molecule has 6 nitrogen and oxygen atoms in total. The molecule has 1 atom stereocenters. The number of carbonyl (C=O) groups excluding carboxylic acids is 1. The lowest BCUT2D eigenvalue weighted by atomic mass is 9.90. The topological polar surface area (TPSA) is 86.0 Å². The van der Waals surface area contributed by atoms with Gasteiger partial charge in [-0.2, -0.15) is 0 Å². The number of hydrogen-bond donors (Lipinski definition) is 1. The van der Waals surface area contributed by atoms with Gasteiger partial charge in [-0.05, 0) is 55.7 Å². The lowest BCUT2D eigenvalue weighted by Gasteiger charge is -2.28. The molecule has 0 spiro atoms. The number of Topliss-reactive ketones (excluding diaryl/α,β-unsaturated/α-hetero) is 1. The van der Waals surface area contributed by atoms with Crippen molar-refractivity contribution in [3.05, 3.63) is 62.5 Å². The molecule has 0 aliphatic carbocycles. The van der Waals surface area contributed by atoms with Crippen LogP contribution < -0.4 is 15.1 Å². The molecule has 2 aromatic carbocycles. The lowest BCUT2D eigenvalue weighted by molar-refractivity contribution is 0.0852. The SMILES string of the molecule is COc1ccc([C@H]2CC(=O)c3c(C)cc4oc(=O)c(C)c(C)c4c3O2)cc1O. The Labute approximate surface area is 161 Å². The summed E-state index contributed by atoms with van der Waals surface area (Å²) >= 11 is 0. The highest BCUT2D eigenvalue weighted by molar-refractivity contribution is 6.07. The van der Waals surface area contributed by atoms with Crippen LogP contribution in [0.2, 0.25) is 0 Å². The van der Waals surface area contributed by atoms with E-state index in [0.717, 1.165) is 5.56 Å². The van der Waals surface area contributed by atoms with Gasteiger partial charge in [0.2, 0.25) is 0 Å². The summed E-state index contributed by atoms with van der Waals surface area (Å²) in [6.45, 7) is 5.31. The Balaban J connectivity index is 1.92. The van der Waals surface area contributed by atoms with Crippen molar-refractivity contribution < 1.29 is 23.8 Å². The van der Waals surface area contributed by atoms with E-state index in [-0.39, 0.29) is 18.0 Å². The van der Waals surface area contributed by atoms with Crippen LogP contribution in [0.15, 0.2) is 33.5 Å². The maximum absolute atomic E-state index is 12.9. The summed E-state index contributed by atoms with van der Waals surface area (Å²) in [6, 6.07) is 6.65. The highest BCUT2D eigenvalue weighted by atomic mass is 16.5. The largest absolute Gasteiger partial charge is 0.504 e. The van der Waals surface area contributed by atoms with Crippen molar-refractivity contribution in [1.82, 2.24) is 0 Å². The number of ether oxygens (including phenoxy) is 2. The number of phenols is 1. The number of methoxy groups -OCH3 is 1. The van der Waals surface area contributed by atoms with E-state index in [9.17, 15) is 14.7 Å². The lowest BCUT2D eigenvalue weighted by Crippen LogP contribution is -2.22. The number of benzene rings is 2. The summed E-state index contributed by atoms with van der Waals surface area (Å²) in [7, 11) is 1.47. The minimum absolute atomic E-state index is 0.0195. The molecule has 1 aromatic heterocycles. The molecule has 0 saturated carbocycles. The Morgan fingerprint density at radius 3 is 2.54 bits per heavy atom. The van der Waals surface area contributed by atoms with Gasteiger partial charge in [0.05, 0.1) is 24.5 Å². The maximum atomic E-state index is 12.9. The molecule has 2 heterocycles. The Morgan fingerprint density at radius 2 is 1.86 bits per heavy atom. The van der Waals surface area contributed by atoms with E-state index < -0.39 is 11.7 Å². The van der Waals surface area contributed by atoms with Crippen molar-refractivity contribution >= 4 is 16.8 Å². The number of carbonyl (C=O) groups is 1. The number of aromatic hydroxyl groups is 1. The Morgan fingerprint density at radius 1 is 1.11 bits per heavy atom. The van der Waals surface area contributed by atoms with Gasteiger partial charge >= 0.3 is 5.63 Å². The molecule has 28 heavy (non-hydrogen) atoms. The third kappa shape index (κ3) is 2.64. The second kappa shape index (κ2) is 6.41. The van der Waals surface area contributed by atoms with Crippen LogP contribution in [-0.4, -0.2) is 18.0 Å². The number of phenolic OH excluding ortho intramolecular Hbond substituents is 1. The Kier molecular flexibility index (Phi) is 4.14. The molecular weight excluding hydrogens is 360 g/mol. The molecule has 0 bridgehead atoms. The van der Waals surface area contributed by atoms with E-state index in [1.165, 1.54) is 13.2 Å². The molecule has 0 fully saturated rings. The van der Waals surface area contributed by atoms with Crippen LogP contribution >= 0.6 is 0 Å². The summed E-state index contributed by atoms with van der Waals surface area (Å²) in [5, 5.41) is 10.7. The van der Waals surface area contributed by atoms with Crippen molar-refractivity contribution in [3.63, 3.8) is 0 Å². The van der Waals surface area contributed by atoms with Crippen LogP contribution in [0, 0.1) is 20.8 Å². The van der Waals surface area contributed by atoms with E-state index in [2.05, 4.69) is 0 Å². The highest BCUT2D eigenvalue weighted by Crippen LogP contribution is 2.43. The van der Waals surface area contributed by atoms with Crippen LogP contribution in [0.1, 0.15) is 45.1 Å². The Hall–Kier alpha value is -3.28. The number of aryl methyl sites for hydroxylation is 2. The summed E-state index contributed by atoms with van der Waals surface area (Å²) in [5.74, 6) is 0.704. The molecule has 1 N–H and O–H groups in total. The van der Waals surface area contributed by atoms with Gasteiger partial charge in [-0.1, -0.05) is 6.07 Å². The van der Waals surface area contributed by atoms with Crippen LogP contribution in [0.25, 0.3) is 11.0 Å². The van der Waals surface area contributed by atoms with Gasteiger partial charge in [0, 0.05) is 5.56 Å². The summed E-state index contributed by atoms with van der Waals surface area (Å²) < 4.78 is 16.8. The highest BCUT2D eigenvalue weighted by Gasteiger charge is 2.32. The fourth-order valence-electron chi connectivity index (χ4n) is 3.72. The van der Waals surface area contributed by atoms with E-state index >= 15 is 0 Å². The molecule has 0 saturated heterocycles. The minimum atomic E-state index is -0.562. The van der Waals surface area contributed by atoms with Gasteiger partial charge in [0.15, 0.2) is 17.3 Å². The van der Waals surface area contributed by atoms with Crippen LogP contribution in [-0.2, 0) is 0 Å². The summed E-state index contributed by atoms with van der Waals surface area (Å²) in [5.41, 5.74) is 3.09. The molecule has 3 aromatic rings. The van der Waals surface area contributed by atoms with Crippen molar-refractivity contribution in [3.8, 4) is 17.2 Å². The van der Waals surface area contributed by atoms with E-state index in [0.29, 0.717) is 44.7 Å². The van der Waals surface area contributed by atoms with Gasteiger partial charge in [-0.15, -0.1) is 0 Å². The average molecular weight is 380 g/mol. The molecule has 0 unspecified atom stereocenters. The first-order chi connectivity index (χ1) is 13.3. The minimum Gasteiger partial charge on any atom is -0.504 e. The third-order valence-electron chi connectivity index (χ3n) is 5.37. The van der Waals surface area contributed by atoms with E-state index in [1.807, 2.05) is 6.92 Å². The standard InChI is InChI=1S/C22H20O6/c1-10-7-18-20(11(2)12(3)22(25)28-18)21-19(10)15(24)9-17(27-21)13-5-6-16(26-4)14(23)8-13/h5-8,17,23H,9H2,1-4H3/t17-/m1/s1. The first kappa shape index (κ1) is 18.1. The predicted molar refractivity (Wildman–Crippen MR) is 104 cm³/mol. The normalized spacial score (nSPS) is 16.0. The average Bonchev–Trinajstić information content (AvgIpc) is 2.65. The Bertz CT molecular complexity index is 1190. The molecule has 0 radical (unpaired) electrons. The van der Waals surface area contributed by atoms with E-state index in [1.54, 1.807) is 32.0 Å². The first-order valence-electron chi connectivity index (χ1n) is 8.96. The molecule has 6 heteroatoms. The van der Waals surface area contributed by atoms with Crippen LogP contribution in [0.4, 0.5) is 0 Å². The third-order valence-corrected chi connectivity index (χ3v) is 5.37. The quantitative estimate of drug-likeness (QED) is 0.673. The monoisotopic (exact) mass is 380 g/mol. The number of rotatable bonds is 2. The van der Waals surface area contributed by atoms with Crippen molar-refractivity contribution in [2.24, 2.45) is 0 Å². The zero-order chi connectivity index (χ0) is 20.2. The summed E-state index contributed by atoms with van der Waals surface area (Å²) in [6.07, 6.45) is -0.409. The number of fused-ring (bicyclic) bond motifs is 3. The maximum Gasteiger partial charge on any atom is 0.339 e. The van der Waals surface area contributed by atoms with Crippen LogP contribution in [0.5, 0.6) is 17.2 Å². The van der Waals surface area contributed by atoms with E-state index in [4.69, 9.17) is 13.9 Å². The molecule has 0 amide bonds. The fraction of sp³-hybridized carbons (Fsp3) is 0.273. The summed E-state index contributed by atoms with van der Waals surface area (Å²) in [4.78, 5) is 25.0. The van der Waals surface area contributed by atoms with Gasteiger partial charge < -0.3 is 19.0 Å². The fourth-order valence-corrected chi connectivity index (χ4v) is 3.72. The molecule has 1 aliphatic rings. The smallest absolute Gasteiger partial charge is 0.339 e. The number of ketones is 1. The van der Waals surface area contributed by atoms with Gasteiger partial charge in [-0.3, -0.25) is 4.79 Å². The zero-order valence-corrected chi connectivity index (χ0v) is 16.1. The predicted octanol–water partition coefficient (Wildman–Crippen LogP) is 4.14. The second-order valence-corrected chi connectivity index (χ2v) is 7.08. The van der Waals surface area contributed by atoms with Gasteiger partial charge in [0.1, 0.15) is 17.4 Å². The second-order valence-electron chi connectivity index (χ2n) is 7.08. The number of hydrogen-bond acceptors (Lipinski definition) is 6. The first-order valence-corrected chi connectivity index (χ1v) is 8.96. The van der Waals surface area contributed by atoms with Crippen molar-refractivity contribution in [2.45, 2.75) is 33.3 Å². The van der Waals surface area contributed by atoms with Crippen molar-refractivity contribution in [2.75, 3.05) is 7.11 Å². The molecule has 4 rings (SSSR count). The van der Waals surface area contributed by atoms with Crippen molar-refractivity contribution in [1.29, 1.82) is 0 Å². The van der Waals surface area contributed by atoms with Gasteiger partial charge in [0.25, 0.3) is 0 Å². The molecule has 144 valence electrons. The molecule has 1 aliphatic heterocycles.